The van der Waals surface area contributed by atoms with Gasteiger partial charge in [-0.1, -0.05) is 36.4 Å². The second kappa shape index (κ2) is 3.41. The van der Waals surface area contributed by atoms with Crippen LogP contribution in [0, 0.1) is 0 Å². The number of carbonyl (C=O) groups is 1. The maximum Gasteiger partial charge on any atom is 0.0721 e. The monoisotopic (exact) mass is 181 g/mol. The van der Waals surface area contributed by atoms with Gasteiger partial charge in [-0.25, -0.2) is 0 Å². The highest BCUT2D eigenvalue weighted by Gasteiger charge is 2.02. The number of carbonyl (C=O) groups excluding carboxylic acids is 1. The number of benzene rings is 1. The van der Waals surface area contributed by atoms with Gasteiger partial charge in [-0.15, -0.1) is 0 Å². The van der Waals surface area contributed by atoms with Gasteiger partial charge in [-0.3, -0.25) is 0 Å². The van der Waals surface area contributed by atoms with Crippen LogP contribution in [0.3, 0.4) is 0 Å². The van der Waals surface area contributed by atoms with Crippen molar-refractivity contribution in [2.45, 2.75) is 0 Å². The van der Waals surface area contributed by atoms with Gasteiger partial charge in [0.1, 0.15) is 0 Å². The molecule has 1 aromatic rings. The molecule has 0 saturated heterocycles. The normalized spacial score (nSPS) is 9.42. The number of halogens is 1. The van der Waals surface area contributed by atoms with Gasteiger partial charge in [0.2, 0.25) is 0 Å². The highest BCUT2D eigenvalue weighted by atomic mass is 35.5. The summed E-state index contributed by atoms with van der Waals surface area (Å²) in [5.74, 6) is -1.24. The smallest absolute Gasteiger partial charge is 0.0721 e. The van der Waals surface area contributed by atoms with Crippen molar-refractivity contribution in [1.29, 1.82) is 0 Å². The molecule has 2 nitrogen and oxygen atoms in total. The van der Waals surface area contributed by atoms with E-state index in [1.807, 2.05) is 0 Å². The van der Waals surface area contributed by atoms with E-state index in [0.29, 0.717) is 10.6 Å². The summed E-state index contributed by atoms with van der Waals surface area (Å²) in [4.78, 5) is 10.5. The van der Waals surface area contributed by atoms with Gasteiger partial charge in [0, 0.05) is 16.1 Å². The van der Waals surface area contributed by atoms with Crippen molar-refractivity contribution in [3.8, 4) is 0 Å². The van der Waals surface area contributed by atoms with E-state index < -0.39 is 5.97 Å². The van der Waals surface area contributed by atoms with E-state index in [9.17, 15) is 9.90 Å². The Labute approximate surface area is 75.1 Å². The first-order chi connectivity index (χ1) is 5.66. The summed E-state index contributed by atoms with van der Waals surface area (Å²) >= 11 is 5.71. The van der Waals surface area contributed by atoms with Crippen molar-refractivity contribution in [2.75, 3.05) is 0 Å². The predicted octanol–water partition coefficient (Wildman–Crippen LogP) is 1.35. The number of aromatic carboxylic acids is 1. The first kappa shape index (κ1) is 8.81. The second-order valence-electron chi connectivity index (χ2n) is 2.19. The molecule has 0 fully saturated rings. The molecule has 1 aromatic carbocycles. The topological polar surface area (TPSA) is 40.1 Å². The molecule has 0 aliphatic carbocycles. The largest absolute Gasteiger partial charge is 0.545 e. The highest BCUT2D eigenvalue weighted by Crippen LogP contribution is 2.20. The Hall–Kier alpha value is -1.28. The number of carboxylic acid groups (broad SMARTS) is 1. The number of hydrogen-bond acceptors (Lipinski definition) is 2. The summed E-state index contributed by atoms with van der Waals surface area (Å²) in [7, 11) is 0. The zero-order valence-corrected chi connectivity index (χ0v) is 6.97. The van der Waals surface area contributed by atoms with Crippen molar-refractivity contribution in [3.63, 3.8) is 0 Å². The van der Waals surface area contributed by atoms with Gasteiger partial charge in [0.25, 0.3) is 0 Å². The van der Waals surface area contributed by atoms with Crippen LogP contribution >= 0.6 is 11.6 Å². The molecule has 1 rings (SSSR count). The first-order valence-electron chi connectivity index (χ1n) is 3.29. The van der Waals surface area contributed by atoms with Crippen LogP contribution in [0.4, 0.5) is 0 Å². The summed E-state index contributed by atoms with van der Waals surface area (Å²) in [6, 6.07) is 4.59. The third kappa shape index (κ3) is 1.48. The molecule has 0 aliphatic rings. The van der Waals surface area contributed by atoms with Crippen molar-refractivity contribution in [2.24, 2.45) is 0 Å². The number of hydrogen-bond donors (Lipinski definition) is 0. The van der Waals surface area contributed by atoms with Crippen LogP contribution in [-0.2, 0) is 0 Å². The lowest BCUT2D eigenvalue weighted by Gasteiger charge is -2.07. The Morgan fingerprint density at radius 2 is 2.25 bits per heavy atom. The van der Waals surface area contributed by atoms with E-state index in [2.05, 4.69) is 6.58 Å². The minimum atomic E-state index is -1.24. The van der Waals surface area contributed by atoms with E-state index in [1.165, 1.54) is 12.1 Å². The maximum absolute atomic E-state index is 10.5. The molecule has 0 spiro atoms. The summed E-state index contributed by atoms with van der Waals surface area (Å²) in [5, 5.41) is 10.9. The fraction of sp³-hybridized carbons (Fsp3) is 0. The predicted molar refractivity (Wildman–Crippen MR) is 45.9 cm³/mol. The van der Waals surface area contributed by atoms with Gasteiger partial charge >= 0.3 is 0 Å². The summed E-state index contributed by atoms with van der Waals surface area (Å²) in [5.41, 5.74) is 0.469. The van der Waals surface area contributed by atoms with E-state index in [0.717, 1.165) is 0 Å². The van der Waals surface area contributed by atoms with Crippen LogP contribution in [0.5, 0.6) is 0 Å². The average molecular weight is 182 g/mol. The molecule has 0 unspecified atom stereocenters. The molecule has 0 atom stereocenters. The van der Waals surface area contributed by atoms with Crippen molar-refractivity contribution >= 4 is 23.6 Å². The zero-order chi connectivity index (χ0) is 9.14. The third-order valence-corrected chi connectivity index (χ3v) is 1.81. The fourth-order valence-electron chi connectivity index (χ4n) is 0.922. The molecule has 0 aromatic heterocycles. The lowest BCUT2D eigenvalue weighted by molar-refractivity contribution is -0.255. The Bertz CT molecular complexity index is 331. The van der Waals surface area contributed by atoms with Gasteiger partial charge in [0.15, 0.2) is 0 Å². The molecule has 0 radical (unpaired) electrons. The van der Waals surface area contributed by atoms with Crippen LogP contribution in [-0.4, -0.2) is 5.97 Å². The lowest BCUT2D eigenvalue weighted by Crippen LogP contribution is -2.23. The van der Waals surface area contributed by atoms with Crippen molar-refractivity contribution in [1.82, 2.24) is 0 Å². The quantitative estimate of drug-likeness (QED) is 0.691. The Morgan fingerprint density at radius 3 is 2.67 bits per heavy atom. The SMILES string of the molecule is C=Cc1c(Cl)cccc1C(=O)[O-]. The van der Waals surface area contributed by atoms with Gasteiger partial charge in [-0.2, -0.15) is 0 Å². The zero-order valence-electron chi connectivity index (χ0n) is 6.21. The molecule has 0 N–H and O–H groups in total. The molecule has 0 saturated carbocycles. The molecule has 0 heterocycles. The van der Waals surface area contributed by atoms with Gasteiger partial charge in [-0.05, 0) is 6.07 Å². The molecule has 0 amide bonds. The molecular formula is C9H6ClO2-. The van der Waals surface area contributed by atoms with E-state index in [-0.39, 0.29) is 5.56 Å². The molecule has 0 bridgehead atoms. The minimum absolute atomic E-state index is 0.0671. The highest BCUT2D eigenvalue weighted by molar-refractivity contribution is 6.32. The second-order valence-corrected chi connectivity index (χ2v) is 2.60. The first-order valence-corrected chi connectivity index (χ1v) is 3.67. The third-order valence-electron chi connectivity index (χ3n) is 1.48. The standard InChI is InChI=1S/C9H7ClO2/c1-2-6-7(9(11)12)4-3-5-8(6)10/h2-5H,1H2,(H,11,12)/p-1. The van der Waals surface area contributed by atoms with Crippen molar-refractivity contribution in [3.05, 3.63) is 40.9 Å². The van der Waals surface area contributed by atoms with Crippen LogP contribution in [0.15, 0.2) is 24.8 Å². The Balaban J connectivity index is 3.37. The van der Waals surface area contributed by atoms with E-state index >= 15 is 0 Å². The Morgan fingerprint density at radius 1 is 1.58 bits per heavy atom. The maximum atomic E-state index is 10.5. The van der Waals surface area contributed by atoms with E-state index in [1.54, 1.807) is 12.1 Å². The fourth-order valence-corrected chi connectivity index (χ4v) is 1.17. The molecule has 12 heavy (non-hydrogen) atoms. The van der Waals surface area contributed by atoms with Crippen LogP contribution in [0.1, 0.15) is 15.9 Å². The summed E-state index contributed by atoms with van der Waals surface area (Å²) in [6.45, 7) is 3.46. The molecule has 0 aliphatic heterocycles. The summed E-state index contributed by atoms with van der Waals surface area (Å²) in [6.07, 6.45) is 1.40. The minimum Gasteiger partial charge on any atom is -0.545 e. The van der Waals surface area contributed by atoms with Crippen LogP contribution in [0.2, 0.25) is 5.02 Å². The Kier molecular flexibility index (Phi) is 2.51. The lowest BCUT2D eigenvalue weighted by atomic mass is 10.1. The van der Waals surface area contributed by atoms with Crippen LogP contribution < -0.4 is 5.11 Å². The van der Waals surface area contributed by atoms with Gasteiger partial charge in [0.05, 0.1) is 5.97 Å². The molecule has 3 heteroatoms. The van der Waals surface area contributed by atoms with E-state index in [4.69, 9.17) is 11.6 Å². The average Bonchev–Trinajstić information content (AvgIpc) is 2.03. The van der Waals surface area contributed by atoms with Crippen molar-refractivity contribution < 1.29 is 9.90 Å². The number of carboxylic acids is 1. The molecular weight excluding hydrogens is 176 g/mol. The molecule has 62 valence electrons. The number of rotatable bonds is 2. The summed E-state index contributed by atoms with van der Waals surface area (Å²) < 4.78 is 0. The van der Waals surface area contributed by atoms with Gasteiger partial charge < -0.3 is 9.90 Å². The van der Waals surface area contributed by atoms with Crippen LogP contribution in [0.25, 0.3) is 6.08 Å².